The number of hydrogen-bond donors (Lipinski definition) is 1. The first-order valence-electron chi connectivity index (χ1n) is 8.86. The summed E-state index contributed by atoms with van der Waals surface area (Å²) in [6.45, 7) is -0.204. The monoisotopic (exact) mass is 357 g/mol. The van der Waals surface area contributed by atoms with E-state index in [-0.39, 0.29) is 13.0 Å². The number of carbonyl (C=O) groups is 2. The molecule has 0 radical (unpaired) electrons. The average molecular weight is 357 g/mol. The summed E-state index contributed by atoms with van der Waals surface area (Å²) in [6.07, 6.45) is -3.89. The molecule has 2 aromatic rings. The lowest BCUT2D eigenvalue weighted by atomic mass is 10.0. The number of benzene rings is 2. The Morgan fingerprint density at radius 2 is 1.62 bits per heavy atom. The molecule has 0 aromatic heterocycles. The van der Waals surface area contributed by atoms with Crippen molar-refractivity contribution < 1.29 is 30.3 Å². The largest absolute Gasteiger partial charge is 0.459 e. The molecule has 6 heteroatoms. The summed E-state index contributed by atoms with van der Waals surface area (Å²) in [4.78, 5) is 24.4. The van der Waals surface area contributed by atoms with Crippen LogP contribution >= 0.6 is 0 Å². The number of esters is 2. The van der Waals surface area contributed by atoms with E-state index in [0.717, 1.165) is 0 Å². The Hall–Kier alpha value is -2.70. The van der Waals surface area contributed by atoms with Crippen molar-refractivity contribution in [2.75, 3.05) is 6.61 Å². The molecule has 1 fully saturated rings. The smallest absolute Gasteiger partial charge is 0.338 e. The summed E-state index contributed by atoms with van der Waals surface area (Å²) in [5.74, 6) is -1.11. The van der Waals surface area contributed by atoms with Crippen LogP contribution in [0, 0.1) is 0 Å². The maximum atomic E-state index is 12.3. The fourth-order valence-electron chi connectivity index (χ4n) is 2.59. The fraction of sp³-hybridized carbons (Fsp3) is 0.300. The van der Waals surface area contributed by atoms with Gasteiger partial charge in [-0.05, 0) is 30.7 Å². The van der Waals surface area contributed by atoms with Crippen LogP contribution in [0.1, 0.15) is 34.9 Å². The normalized spacial score (nSPS) is 25.8. The summed E-state index contributed by atoms with van der Waals surface area (Å²) < 4.78 is 23.9. The first kappa shape index (κ1) is 16.8. The molecule has 26 heavy (non-hydrogen) atoms. The number of carbonyl (C=O) groups excluding carboxylic acids is 2. The minimum Gasteiger partial charge on any atom is -0.459 e. The maximum Gasteiger partial charge on any atom is 0.338 e. The van der Waals surface area contributed by atoms with Gasteiger partial charge in [0.2, 0.25) is 0 Å². The van der Waals surface area contributed by atoms with Gasteiger partial charge in [0.05, 0.1) is 11.1 Å². The summed E-state index contributed by atoms with van der Waals surface area (Å²) in [7, 11) is 0. The lowest BCUT2D eigenvalue weighted by Gasteiger charge is -2.33. The number of rotatable bonds is 5. The molecular weight excluding hydrogens is 336 g/mol. The van der Waals surface area contributed by atoms with E-state index in [1.807, 2.05) is 0 Å². The minimum absolute atomic E-state index is 0.0767. The van der Waals surface area contributed by atoms with Gasteiger partial charge in [0.1, 0.15) is 18.8 Å². The molecular formula is C20H20O6. The van der Waals surface area contributed by atoms with Crippen LogP contribution < -0.4 is 0 Å². The quantitative estimate of drug-likeness (QED) is 0.828. The Kier molecular flexibility index (Phi) is 5.54. The molecule has 0 aliphatic carbocycles. The third-order valence-electron chi connectivity index (χ3n) is 3.96. The zero-order valence-electron chi connectivity index (χ0n) is 15.0. The van der Waals surface area contributed by atoms with Crippen LogP contribution in [0.25, 0.3) is 0 Å². The summed E-state index contributed by atoms with van der Waals surface area (Å²) in [5.41, 5.74) is 0.746. The Bertz CT molecular complexity index is 767. The van der Waals surface area contributed by atoms with Crippen LogP contribution in [0.4, 0.5) is 0 Å². The second kappa shape index (κ2) is 8.60. The van der Waals surface area contributed by atoms with Crippen molar-refractivity contribution in [3.05, 3.63) is 71.8 Å². The predicted molar refractivity (Wildman–Crippen MR) is 92.5 cm³/mol. The van der Waals surface area contributed by atoms with Gasteiger partial charge in [-0.15, -0.1) is 0 Å². The molecule has 3 rings (SSSR count). The number of aliphatic hydroxyl groups is 1. The molecule has 1 aliphatic rings. The van der Waals surface area contributed by atoms with Crippen molar-refractivity contribution >= 4 is 11.9 Å². The fourth-order valence-corrected chi connectivity index (χ4v) is 2.59. The SMILES string of the molecule is [2H][C@@H]1C[C@H](OC(=O)c2ccccc2)[C@@H](COC(=O)c2ccccc2)O[C@@H]1O. The van der Waals surface area contributed by atoms with Crippen molar-refractivity contribution in [2.45, 2.75) is 31.3 Å². The molecule has 0 amide bonds. The van der Waals surface area contributed by atoms with Gasteiger partial charge in [-0.25, -0.2) is 9.59 Å². The van der Waals surface area contributed by atoms with E-state index in [9.17, 15) is 14.7 Å². The van der Waals surface area contributed by atoms with Crippen molar-refractivity contribution in [3.63, 3.8) is 0 Å². The van der Waals surface area contributed by atoms with Gasteiger partial charge < -0.3 is 19.3 Å². The van der Waals surface area contributed by atoms with E-state index in [2.05, 4.69) is 0 Å². The third-order valence-corrected chi connectivity index (χ3v) is 3.96. The molecule has 2 aromatic carbocycles. The zero-order valence-corrected chi connectivity index (χ0v) is 14.0. The van der Waals surface area contributed by atoms with Gasteiger partial charge in [-0.3, -0.25) is 0 Å². The van der Waals surface area contributed by atoms with E-state index in [4.69, 9.17) is 15.6 Å². The highest BCUT2D eigenvalue weighted by atomic mass is 16.6. The van der Waals surface area contributed by atoms with Crippen molar-refractivity contribution in [2.24, 2.45) is 0 Å². The lowest BCUT2D eigenvalue weighted by molar-refractivity contribution is -0.208. The number of hydrogen-bond acceptors (Lipinski definition) is 6. The molecule has 1 heterocycles. The van der Waals surface area contributed by atoms with E-state index in [0.29, 0.717) is 11.1 Å². The molecule has 0 spiro atoms. The molecule has 1 saturated heterocycles. The topological polar surface area (TPSA) is 82.1 Å². The number of ether oxygens (including phenoxy) is 3. The molecule has 0 bridgehead atoms. The van der Waals surface area contributed by atoms with Gasteiger partial charge in [0, 0.05) is 7.77 Å². The first-order valence-corrected chi connectivity index (χ1v) is 8.28. The minimum atomic E-state index is -1.34. The molecule has 0 unspecified atom stereocenters. The van der Waals surface area contributed by atoms with E-state index < -0.39 is 36.8 Å². The van der Waals surface area contributed by atoms with Crippen LogP contribution in [-0.4, -0.2) is 42.1 Å². The summed E-state index contributed by atoms with van der Waals surface area (Å²) in [6, 6.07) is 16.9. The van der Waals surface area contributed by atoms with Gasteiger partial charge in [-0.2, -0.15) is 0 Å². The highest BCUT2D eigenvalue weighted by molar-refractivity contribution is 5.90. The maximum absolute atomic E-state index is 12.3. The first-order chi connectivity index (χ1) is 13.0. The van der Waals surface area contributed by atoms with Gasteiger partial charge in [0.25, 0.3) is 0 Å². The van der Waals surface area contributed by atoms with Gasteiger partial charge >= 0.3 is 11.9 Å². The van der Waals surface area contributed by atoms with Crippen LogP contribution in [0.15, 0.2) is 60.7 Å². The second-order valence-electron chi connectivity index (χ2n) is 5.81. The Balaban J connectivity index is 1.65. The van der Waals surface area contributed by atoms with Crippen LogP contribution in [-0.2, 0) is 14.2 Å². The van der Waals surface area contributed by atoms with Gasteiger partial charge in [-0.1, -0.05) is 36.4 Å². The summed E-state index contributed by atoms with van der Waals surface area (Å²) >= 11 is 0. The Morgan fingerprint density at radius 1 is 1.04 bits per heavy atom. The molecule has 0 saturated carbocycles. The highest BCUT2D eigenvalue weighted by Gasteiger charge is 2.34. The lowest BCUT2D eigenvalue weighted by Crippen LogP contribution is -2.44. The zero-order chi connectivity index (χ0) is 19.2. The van der Waals surface area contributed by atoms with E-state index in [1.54, 1.807) is 60.7 Å². The van der Waals surface area contributed by atoms with Crippen LogP contribution in [0.2, 0.25) is 0 Å². The average Bonchev–Trinajstić information content (AvgIpc) is 2.70. The van der Waals surface area contributed by atoms with Crippen LogP contribution in [0.5, 0.6) is 0 Å². The van der Waals surface area contributed by atoms with E-state index in [1.165, 1.54) is 0 Å². The molecule has 1 aliphatic heterocycles. The van der Waals surface area contributed by atoms with Crippen molar-refractivity contribution in [3.8, 4) is 0 Å². The molecule has 136 valence electrons. The number of aliphatic hydroxyl groups excluding tert-OH is 1. The molecule has 1 N–H and O–H groups in total. The molecule has 6 nitrogen and oxygen atoms in total. The predicted octanol–water partition coefficient (Wildman–Crippen LogP) is 2.57. The Morgan fingerprint density at radius 3 is 2.23 bits per heavy atom. The second-order valence-corrected chi connectivity index (χ2v) is 5.81. The highest BCUT2D eigenvalue weighted by Crippen LogP contribution is 2.23. The molecule has 4 atom stereocenters. The third kappa shape index (κ3) is 4.68. The standard InChI is InChI=1S/C20H20O6/c21-18-12-11-16(26-20(23)15-9-5-2-6-10-15)17(25-18)13-24-19(22)14-7-3-1-4-8-14/h1-10,16-18,21H,11-13H2/t16-,17+,18-/m0/s1/i12D/t12-,16+,17-,18+/m1. The van der Waals surface area contributed by atoms with Crippen molar-refractivity contribution in [1.29, 1.82) is 0 Å². The summed E-state index contributed by atoms with van der Waals surface area (Å²) in [5, 5.41) is 9.81. The van der Waals surface area contributed by atoms with Crippen LogP contribution in [0.3, 0.4) is 0 Å². The van der Waals surface area contributed by atoms with Crippen molar-refractivity contribution in [1.82, 2.24) is 0 Å². The van der Waals surface area contributed by atoms with E-state index >= 15 is 0 Å². The Labute approximate surface area is 152 Å². The van der Waals surface area contributed by atoms with Gasteiger partial charge in [0.15, 0.2) is 6.29 Å².